The fourth-order valence-electron chi connectivity index (χ4n) is 2.44. The Morgan fingerprint density at radius 2 is 2.22 bits per heavy atom. The van der Waals surface area contributed by atoms with E-state index in [-0.39, 0.29) is 5.56 Å². The molecule has 1 aliphatic rings. The number of hydrogen-bond acceptors (Lipinski definition) is 4. The molecule has 0 unspecified atom stereocenters. The molecule has 0 aromatic carbocycles. The SMILES string of the molecule is CN1CCC(N(C)Cc2occc2C(=O)O)CC1. The lowest BCUT2D eigenvalue weighted by molar-refractivity contribution is 0.0690. The normalized spacial score (nSPS) is 18.4. The van der Waals surface area contributed by atoms with Gasteiger partial charge in [0.2, 0.25) is 0 Å². The van der Waals surface area contributed by atoms with Gasteiger partial charge in [-0.05, 0) is 46.1 Å². The van der Waals surface area contributed by atoms with Gasteiger partial charge in [-0.2, -0.15) is 0 Å². The van der Waals surface area contributed by atoms with Crippen molar-refractivity contribution >= 4 is 5.97 Å². The van der Waals surface area contributed by atoms with E-state index in [1.165, 1.54) is 12.3 Å². The van der Waals surface area contributed by atoms with Crippen LogP contribution in [0, 0.1) is 0 Å². The number of carbonyl (C=O) groups is 1. The third-order valence-electron chi connectivity index (χ3n) is 3.68. The molecule has 0 aliphatic carbocycles. The molecule has 0 bridgehead atoms. The summed E-state index contributed by atoms with van der Waals surface area (Å²) in [6.07, 6.45) is 3.69. The largest absolute Gasteiger partial charge is 0.478 e. The lowest BCUT2D eigenvalue weighted by Crippen LogP contribution is -2.41. The van der Waals surface area contributed by atoms with Crippen molar-refractivity contribution < 1.29 is 14.3 Å². The van der Waals surface area contributed by atoms with Crippen LogP contribution in [0.1, 0.15) is 29.0 Å². The molecule has 1 fully saturated rings. The number of furan rings is 1. The van der Waals surface area contributed by atoms with Gasteiger partial charge in [0.25, 0.3) is 0 Å². The second kappa shape index (κ2) is 5.54. The van der Waals surface area contributed by atoms with E-state index < -0.39 is 5.97 Å². The first-order valence-corrected chi connectivity index (χ1v) is 6.26. The van der Waals surface area contributed by atoms with Gasteiger partial charge in [0, 0.05) is 6.04 Å². The number of carboxylic acids is 1. The average molecular weight is 252 g/mol. The molecule has 1 N–H and O–H groups in total. The van der Waals surface area contributed by atoms with E-state index in [4.69, 9.17) is 9.52 Å². The fraction of sp³-hybridized carbons (Fsp3) is 0.615. The van der Waals surface area contributed by atoms with Crippen LogP contribution in [0.5, 0.6) is 0 Å². The Bertz CT molecular complexity index is 408. The molecule has 0 saturated carbocycles. The number of piperidine rings is 1. The molecule has 2 rings (SSSR count). The molecule has 1 aromatic heterocycles. The molecule has 0 amide bonds. The Labute approximate surface area is 107 Å². The number of carboxylic acid groups (broad SMARTS) is 1. The van der Waals surface area contributed by atoms with Crippen LogP contribution in [0.25, 0.3) is 0 Å². The lowest BCUT2D eigenvalue weighted by Gasteiger charge is -2.34. The van der Waals surface area contributed by atoms with E-state index in [9.17, 15) is 4.79 Å². The van der Waals surface area contributed by atoms with Crippen LogP contribution in [0.4, 0.5) is 0 Å². The Kier molecular flexibility index (Phi) is 4.04. The molecule has 0 radical (unpaired) electrons. The first-order valence-electron chi connectivity index (χ1n) is 6.26. The van der Waals surface area contributed by atoms with Crippen LogP contribution in [0.2, 0.25) is 0 Å². The molecule has 5 nitrogen and oxygen atoms in total. The second-order valence-electron chi connectivity index (χ2n) is 5.01. The maximum absolute atomic E-state index is 11.0. The van der Waals surface area contributed by atoms with Gasteiger partial charge >= 0.3 is 5.97 Å². The fourth-order valence-corrected chi connectivity index (χ4v) is 2.44. The van der Waals surface area contributed by atoms with Gasteiger partial charge in [-0.25, -0.2) is 4.79 Å². The van der Waals surface area contributed by atoms with Crippen molar-refractivity contribution in [3.05, 3.63) is 23.7 Å². The monoisotopic (exact) mass is 252 g/mol. The Morgan fingerprint density at radius 1 is 1.56 bits per heavy atom. The summed E-state index contributed by atoms with van der Waals surface area (Å²) >= 11 is 0. The summed E-state index contributed by atoms with van der Waals surface area (Å²) in [7, 11) is 4.16. The van der Waals surface area contributed by atoms with Crippen LogP contribution in [0.3, 0.4) is 0 Å². The second-order valence-corrected chi connectivity index (χ2v) is 5.01. The summed E-state index contributed by atoms with van der Waals surface area (Å²) in [5.41, 5.74) is 0.273. The highest BCUT2D eigenvalue weighted by molar-refractivity contribution is 5.88. The topological polar surface area (TPSA) is 56.9 Å². The zero-order valence-electron chi connectivity index (χ0n) is 10.9. The summed E-state index contributed by atoms with van der Waals surface area (Å²) in [4.78, 5) is 15.5. The van der Waals surface area contributed by atoms with Gasteiger partial charge in [0.15, 0.2) is 0 Å². The zero-order chi connectivity index (χ0) is 13.1. The molecule has 100 valence electrons. The van der Waals surface area contributed by atoms with Crippen LogP contribution in [0.15, 0.2) is 16.7 Å². The zero-order valence-corrected chi connectivity index (χ0v) is 10.9. The first kappa shape index (κ1) is 13.1. The van der Waals surface area contributed by atoms with Crippen LogP contribution >= 0.6 is 0 Å². The predicted octanol–water partition coefficient (Wildman–Crippen LogP) is 1.50. The minimum atomic E-state index is -0.921. The molecular formula is C13H20N2O3. The minimum absolute atomic E-state index is 0.273. The van der Waals surface area contributed by atoms with Crippen molar-refractivity contribution in [2.45, 2.75) is 25.4 Å². The maximum Gasteiger partial charge on any atom is 0.339 e. The lowest BCUT2D eigenvalue weighted by atomic mass is 10.0. The van der Waals surface area contributed by atoms with Gasteiger partial charge < -0.3 is 14.4 Å². The summed E-state index contributed by atoms with van der Waals surface area (Å²) in [6.45, 7) is 2.75. The molecule has 18 heavy (non-hydrogen) atoms. The third kappa shape index (κ3) is 2.91. The summed E-state index contributed by atoms with van der Waals surface area (Å²) in [5, 5.41) is 9.03. The highest BCUT2D eigenvalue weighted by Gasteiger charge is 2.23. The van der Waals surface area contributed by atoms with Crippen LogP contribution in [-0.2, 0) is 6.54 Å². The average Bonchev–Trinajstić information content (AvgIpc) is 2.78. The van der Waals surface area contributed by atoms with Crippen LogP contribution in [-0.4, -0.2) is 54.1 Å². The van der Waals surface area contributed by atoms with Crippen molar-refractivity contribution in [1.82, 2.24) is 9.80 Å². The third-order valence-corrected chi connectivity index (χ3v) is 3.68. The highest BCUT2D eigenvalue weighted by atomic mass is 16.4. The van der Waals surface area contributed by atoms with Crippen molar-refractivity contribution in [3.63, 3.8) is 0 Å². The molecule has 1 saturated heterocycles. The first-order chi connectivity index (χ1) is 8.58. The van der Waals surface area contributed by atoms with Gasteiger partial charge in [-0.3, -0.25) is 4.90 Å². The number of likely N-dealkylation sites (tertiary alicyclic amines) is 1. The number of aromatic carboxylic acids is 1. The minimum Gasteiger partial charge on any atom is -0.478 e. The van der Waals surface area contributed by atoms with Crippen molar-refractivity contribution in [2.75, 3.05) is 27.2 Å². The Hall–Kier alpha value is -1.33. The standard InChI is InChI=1S/C13H20N2O3/c1-14-6-3-10(4-7-14)15(2)9-12-11(13(16)17)5-8-18-12/h5,8,10H,3-4,6-7,9H2,1-2H3,(H,16,17). The summed E-state index contributed by atoms with van der Waals surface area (Å²) in [6, 6.07) is 2.02. The van der Waals surface area contributed by atoms with E-state index in [0.29, 0.717) is 18.3 Å². The Balaban J connectivity index is 1.96. The molecule has 1 aromatic rings. The molecule has 1 aliphatic heterocycles. The van der Waals surface area contributed by atoms with Gasteiger partial charge in [-0.15, -0.1) is 0 Å². The molecule has 0 spiro atoms. The van der Waals surface area contributed by atoms with E-state index in [1.807, 2.05) is 7.05 Å². The van der Waals surface area contributed by atoms with Crippen LogP contribution < -0.4 is 0 Å². The van der Waals surface area contributed by atoms with E-state index in [2.05, 4.69) is 16.8 Å². The molecule has 0 atom stereocenters. The maximum atomic E-state index is 11.0. The molecular weight excluding hydrogens is 232 g/mol. The van der Waals surface area contributed by atoms with E-state index in [0.717, 1.165) is 25.9 Å². The van der Waals surface area contributed by atoms with Gasteiger partial charge in [0.1, 0.15) is 11.3 Å². The van der Waals surface area contributed by atoms with Gasteiger partial charge in [0.05, 0.1) is 12.8 Å². The van der Waals surface area contributed by atoms with Crippen molar-refractivity contribution in [3.8, 4) is 0 Å². The van der Waals surface area contributed by atoms with E-state index in [1.54, 1.807) is 0 Å². The summed E-state index contributed by atoms with van der Waals surface area (Å²) in [5.74, 6) is -0.376. The number of nitrogens with zero attached hydrogens (tertiary/aromatic N) is 2. The Morgan fingerprint density at radius 3 is 2.83 bits per heavy atom. The summed E-state index contributed by atoms with van der Waals surface area (Å²) < 4.78 is 5.28. The van der Waals surface area contributed by atoms with Crippen molar-refractivity contribution in [1.29, 1.82) is 0 Å². The predicted molar refractivity (Wildman–Crippen MR) is 67.7 cm³/mol. The highest BCUT2D eigenvalue weighted by Crippen LogP contribution is 2.19. The van der Waals surface area contributed by atoms with Crippen molar-refractivity contribution in [2.24, 2.45) is 0 Å². The smallest absolute Gasteiger partial charge is 0.339 e. The molecule has 5 heteroatoms. The quantitative estimate of drug-likeness (QED) is 0.880. The molecule has 2 heterocycles. The van der Waals surface area contributed by atoms with Gasteiger partial charge in [-0.1, -0.05) is 0 Å². The number of hydrogen-bond donors (Lipinski definition) is 1. The van der Waals surface area contributed by atoms with E-state index >= 15 is 0 Å². The number of rotatable bonds is 4.